The zero-order chi connectivity index (χ0) is 14.4. The molecule has 5 heteroatoms. The maximum atomic E-state index is 12.2. The largest absolute Gasteiger partial charge is 0.497 e. The molecule has 1 heterocycles. The van der Waals surface area contributed by atoms with E-state index in [0.717, 1.165) is 25.9 Å². The molecule has 1 atom stereocenters. The van der Waals surface area contributed by atoms with Crippen LogP contribution in [0.25, 0.3) is 0 Å². The number of nitrogens with zero attached hydrogens (tertiary/aromatic N) is 1. The number of likely N-dealkylation sites (tertiary alicyclic amines) is 1. The molecular formula is C15H22N2O3. The number of β-amino-alcohol motifs (C(OH)–C–C–N with tert-alkyl or cyclic N) is 1. The van der Waals surface area contributed by atoms with E-state index >= 15 is 0 Å². The van der Waals surface area contributed by atoms with E-state index in [9.17, 15) is 4.79 Å². The van der Waals surface area contributed by atoms with Crippen LogP contribution in [-0.4, -0.2) is 55.3 Å². The fourth-order valence-corrected chi connectivity index (χ4v) is 2.55. The number of benzene rings is 1. The maximum Gasteiger partial charge on any atom is 0.251 e. The van der Waals surface area contributed by atoms with Crippen LogP contribution in [0.1, 0.15) is 23.2 Å². The van der Waals surface area contributed by atoms with Crippen LogP contribution >= 0.6 is 0 Å². The lowest BCUT2D eigenvalue weighted by molar-refractivity contribution is 0.0893. The average Bonchev–Trinajstić information content (AvgIpc) is 2.48. The van der Waals surface area contributed by atoms with E-state index in [4.69, 9.17) is 9.84 Å². The van der Waals surface area contributed by atoms with Crippen molar-refractivity contribution in [1.82, 2.24) is 10.2 Å². The third-order valence-corrected chi connectivity index (χ3v) is 3.59. The molecule has 5 nitrogen and oxygen atoms in total. The van der Waals surface area contributed by atoms with Crippen molar-refractivity contribution >= 4 is 5.91 Å². The standard InChI is InChI=1S/C15H22N2O3/c1-20-14-6-2-4-12(10-14)15(19)16-13-5-3-7-17(11-13)8-9-18/h2,4,6,10,13,18H,3,5,7-9,11H2,1H3,(H,16,19)/t13-/m0/s1. The molecule has 1 aromatic rings. The van der Waals surface area contributed by atoms with Gasteiger partial charge < -0.3 is 15.2 Å². The first kappa shape index (κ1) is 14.8. The van der Waals surface area contributed by atoms with Gasteiger partial charge in [-0.25, -0.2) is 0 Å². The zero-order valence-electron chi connectivity index (χ0n) is 11.8. The lowest BCUT2D eigenvalue weighted by Crippen LogP contribution is -2.48. The normalized spacial score (nSPS) is 19.6. The van der Waals surface area contributed by atoms with Crippen molar-refractivity contribution in [2.45, 2.75) is 18.9 Å². The first-order chi connectivity index (χ1) is 9.72. The molecule has 2 N–H and O–H groups in total. The Kier molecular flexibility index (Phi) is 5.38. The van der Waals surface area contributed by atoms with Gasteiger partial charge in [0.1, 0.15) is 5.75 Å². The fourth-order valence-electron chi connectivity index (χ4n) is 2.55. The Bertz CT molecular complexity index is 448. The highest BCUT2D eigenvalue weighted by Crippen LogP contribution is 2.14. The number of carbonyl (C=O) groups excluding carboxylic acids is 1. The van der Waals surface area contributed by atoms with E-state index in [1.165, 1.54) is 0 Å². The SMILES string of the molecule is COc1cccc(C(=O)N[C@H]2CCCN(CCO)C2)c1. The number of aliphatic hydroxyl groups is 1. The van der Waals surface area contributed by atoms with Crippen LogP contribution in [0.5, 0.6) is 5.75 Å². The molecule has 0 saturated carbocycles. The van der Waals surface area contributed by atoms with E-state index in [1.807, 2.05) is 12.1 Å². The summed E-state index contributed by atoms with van der Waals surface area (Å²) in [5.41, 5.74) is 0.614. The van der Waals surface area contributed by atoms with Gasteiger partial charge >= 0.3 is 0 Å². The summed E-state index contributed by atoms with van der Waals surface area (Å²) in [7, 11) is 1.59. The zero-order valence-corrected chi connectivity index (χ0v) is 11.8. The number of ether oxygens (including phenoxy) is 1. The Balaban J connectivity index is 1.93. The molecule has 1 amide bonds. The Morgan fingerprint density at radius 2 is 2.40 bits per heavy atom. The minimum absolute atomic E-state index is 0.0697. The number of carbonyl (C=O) groups is 1. The molecular weight excluding hydrogens is 256 g/mol. The van der Waals surface area contributed by atoms with Crippen molar-refractivity contribution in [3.63, 3.8) is 0 Å². The number of hydrogen-bond acceptors (Lipinski definition) is 4. The molecule has 0 unspecified atom stereocenters. The Morgan fingerprint density at radius 1 is 1.55 bits per heavy atom. The van der Waals surface area contributed by atoms with E-state index in [-0.39, 0.29) is 18.6 Å². The fraction of sp³-hybridized carbons (Fsp3) is 0.533. The summed E-state index contributed by atoms with van der Waals surface area (Å²) >= 11 is 0. The van der Waals surface area contributed by atoms with Crippen molar-refractivity contribution in [1.29, 1.82) is 0 Å². The van der Waals surface area contributed by atoms with Gasteiger partial charge in [-0.3, -0.25) is 9.69 Å². The summed E-state index contributed by atoms with van der Waals surface area (Å²) in [6, 6.07) is 7.30. The van der Waals surface area contributed by atoms with Crippen molar-refractivity contribution < 1.29 is 14.6 Å². The molecule has 1 saturated heterocycles. The molecule has 0 aromatic heterocycles. The second kappa shape index (κ2) is 7.26. The highest BCUT2D eigenvalue weighted by atomic mass is 16.5. The first-order valence-electron chi connectivity index (χ1n) is 7.01. The van der Waals surface area contributed by atoms with Crippen molar-refractivity contribution in [2.75, 3.05) is 33.4 Å². The van der Waals surface area contributed by atoms with Crippen LogP contribution in [0, 0.1) is 0 Å². The van der Waals surface area contributed by atoms with Gasteiger partial charge in [0.05, 0.1) is 13.7 Å². The predicted octanol–water partition coefficient (Wildman–Crippen LogP) is 0.882. The highest BCUT2D eigenvalue weighted by Gasteiger charge is 2.21. The van der Waals surface area contributed by atoms with Gasteiger partial charge in [0.15, 0.2) is 0 Å². The van der Waals surface area contributed by atoms with Gasteiger partial charge in [-0.1, -0.05) is 6.07 Å². The molecule has 0 spiro atoms. The van der Waals surface area contributed by atoms with Crippen molar-refractivity contribution in [3.05, 3.63) is 29.8 Å². The third kappa shape index (κ3) is 3.95. The summed E-state index contributed by atoms with van der Waals surface area (Å²) in [5, 5.41) is 12.0. The maximum absolute atomic E-state index is 12.2. The highest BCUT2D eigenvalue weighted by molar-refractivity contribution is 5.94. The summed E-state index contributed by atoms with van der Waals surface area (Å²) in [5.74, 6) is 0.614. The molecule has 0 bridgehead atoms. The van der Waals surface area contributed by atoms with Crippen LogP contribution in [0.2, 0.25) is 0 Å². The van der Waals surface area contributed by atoms with Gasteiger partial charge in [-0.2, -0.15) is 0 Å². The van der Waals surface area contributed by atoms with Crippen LogP contribution in [0.4, 0.5) is 0 Å². The summed E-state index contributed by atoms with van der Waals surface area (Å²) in [6.07, 6.45) is 2.03. The van der Waals surface area contributed by atoms with Crippen molar-refractivity contribution in [3.8, 4) is 5.75 Å². The monoisotopic (exact) mass is 278 g/mol. The smallest absolute Gasteiger partial charge is 0.251 e. The molecule has 1 aromatic carbocycles. The molecule has 2 rings (SSSR count). The van der Waals surface area contributed by atoms with Gasteiger partial charge in [0.25, 0.3) is 5.91 Å². The van der Waals surface area contributed by atoms with E-state index in [1.54, 1.807) is 19.2 Å². The average molecular weight is 278 g/mol. The topological polar surface area (TPSA) is 61.8 Å². The van der Waals surface area contributed by atoms with Gasteiger partial charge in [0.2, 0.25) is 0 Å². The lowest BCUT2D eigenvalue weighted by atomic mass is 10.0. The minimum atomic E-state index is -0.0697. The second-order valence-corrected chi connectivity index (χ2v) is 5.07. The number of rotatable bonds is 5. The molecule has 0 radical (unpaired) electrons. The van der Waals surface area contributed by atoms with Crippen LogP contribution in [0.3, 0.4) is 0 Å². The quantitative estimate of drug-likeness (QED) is 0.839. The summed E-state index contributed by atoms with van der Waals surface area (Å²) in [6.45, 7) is 2.63. The van der Waals surface area contributed by atoms with Crippen LogP contribution in [0.15, 0.2) is 24.3 Å². The number of hydrogen-bond donors (Lipinski definition) is 2. The summed E-state index contributed by atoms with van der Waals surface area (Å²) in [4.78, 5) is 14.4. The number of aliphatic hydroxyl groups excluding tert-OH is 1. The molecule has 0 aliphatic carbocycles. The van der Waals surface area contributed by atoms with Crippen LogP contribution in [-0.2, 0) is 0 Å². The number of nitrogens with one attached hydrogen (secondary N) is 1. The predicted molar refractivity (Wildman–Crippen MR) is 77.0 cm³/mol. The number of methoxy groups -OCH3 is 1. The molecule has 1 fully saturated rings. The Hall–Kier alpha value is -1.59. The molecule has 1 aliphatic rings. The number of amides is 1. The molecule has 1 aliphatic heterocycles. The second-order valence-electron chi connectivity index (χ2n) is 5.07. The van der Waals surface area contributed by atoms with Gasteiger partial charge in [0, 0.05) is 24.7 Å². The van der Waals surface area contributed by atoms with Gasteiger partial charge in [-0.15, -0.1) is 0 Å². The van der Waals surface area contributed by atoms with Crippen molar-refractivity contribution in [2.24, 2.45) is 0 Å². The lowest BCUT2D eigenvalue weighted by Gasteiger charge is -2.32. The molecule has 20 heavy (non-hydrogen) atoms. The molecule has 110 valence electrons. The van der Waals surface area contributed by atoms with E-state index < -0.39 is 0 Å². The minimum Gasteiger partial charge on any atom is -0.497 e. The van der Waals surface area contributed by atoms with Gasteiger partial charge in [-0.05, 0) is 37.6 Å². The van der Waals surface area contributed by atoms with E-state index in [2.05, 4.69) is 10.2 Å². The Labute approximate surface area is 119 Å². The number of piperidine rings is 1. The van der Waals surface area contributed by atoms with Crippen LogP contribution < -0.4 is 10.1 Å². The first-order valence-corrected chi connectivity index (χ1v) is 7.01. The van der Waals surface area contributed by atoms with E-state index in [0.29, 0.717) is 17.9 Å². The Morgan fingerprint density at radius 3 is 3.15 bits per heavy atom. The third-order valence-electron chi connectivity index (χ3n) is 3.59. The summed E-state index contributed by atoms with van der Waals surface area (Å²) < 4.78 is 5.13.